The lowest BCUT2D eigenvalue weighted by molar-refractivity contribution is -0.137. The summed E-state index contributed by atoms with van der Waals surface area (Å²) in [6.45, 7) is 7.87. The zero-order valence-electron chi connectivity index (χ0n) is 14.8. The molecule has 25 heavy (non-hydrogen) atoms. The number of imidazole rings is 1. The van der Waals surface area contributed by atoms with Gasteiger partial charge in [-0.1, -0.05) is 13.8 Å². The number of halogens is 3. The number of rotatable bonds is 9. The Morgan fingerprint density at radius 3 is 2.48 bits per heavy atom. The van der Waals surface area contributed by atoms with E-state index in [1.165, 1.54) is 6.07 Å². The highest BCUT2D eigenvalue weighted by molar-refractivity contribution is 5.77. The monoisotopic (exact) mass is 357 g/mol. The van der Waals surface area contributed by atoms with Crippen molar-refractivity contribution in [1.82, 2.24) is 14.5 Å². The number of aliphatic hydroxyl groups excluding tert-OH is 1. The van der Waals surface area contributed by atoms with Crippen LogP contribution in [0.25, 0.3) is 11.0 Å². The van der Waals surface area contributed by atoms with Gasteiger partial charge in [0.1, 0.15) is 5.82 Å². The van der Waals surface area contributed by atoms with E-state index in [2.05, 4.69) is 23.7 Å². The highest BCUT2D eigenvalue weighted by atomic mass is 19.4. The molecule has 0 bridgehead atoms. The molecule has 140 valence electrons. The van der Waals surface area contributed by atoms with Crippen molar-refractivity contribution in [3.8, 4) is 0 Å². The summed E-state index contributed by atoms with van der Waals surface area (Å²) in [7, 11) is 0. The zero-order chi connectivity index (χ0) is 18.4. The predicted molar refractivity (Wildman–Crippen MR) is 92.5 cm³/mol. The van der Waals surface area contributed by atoms with Crippen LogP contribution in [0.15, 0.2) is 18.2 Å². The second-order valence-electron chi connectivity index (χ2n) is 6.09. The van der Waals surface area contributed by atoms with Crippen molar-refractivity contribution in [2.75, 3.05) is 26.2 Å². The van der Waals surface area contributed by atoms with Crippen LogP contribution in [0, 0.1) is 0 Å². The molecule has 0 fully saturated rings. The summed E-state index contributed by atoms with van der Waals surface area (Å²) in [5.74, 6) is 0.739. The maximum absolute atomic E-state index is 12.9. The maximum Gasteiger partial charge on any atom is 0.416 e. The largest absolute Gasteiger partial charge is 0.416 e. The third-order valence-corrected chi connectivity index (χ3v) is 4.46. The first kappa shape index (κ1) is 19.7. The number of alkyl halides is 3. The number of aliphatic hydroxyl groups is 1. The van der Waals surface area contributed by atoms with Gasteiger partial charge in [0.25, 0.3) is 0 Å². The topological polar surface area (TPSA) is 41.3 Å². The second kappa shape index (κ2) is 8.67. The Balaban J connectivity index is 2.27. The van der Waals surface area contributed by atoms with E-state index in [-0.39, 0.29) is 6.61 Å². The van der Waals surface area contributed by atoms with E-state index in [0.717, 1.165) is 49.5 Å². The maximum atomic E-state index is 12.9. The number of nitrogens with zero attached hydrogens (tertiary/aromatic N) is 3. The number of fused-ring (bicyclic) bond motifs is 1. The molecule has 7 heteroatoms. The van der Waals surface area contributed by atoms with E-state index in [1.54, 1.807) is 0 Å². The number of hydrogen-bond acceptors (Lipinski definition) is 3. The van der Waals surface area contributed by atoms with Crippen LogP contribution in [0.4, 0.5) is 13.2 Å². The molecule has 0 saturated carbocycles. The molecule has 0 aliphatic rings. The normalized spacial score (nSPS) is 12.4. The molecule has 1 aromatic heterocycles. The third kappa shape index (κ3) is 4.95. The molecule has 2 rings (SSSR count). The standard InChI is InChI=1S/C18H26F3N3O/c1-3-23(4-2)10-6-11-24-16-9-8-14(18(19,20)21)13-15(16)22-17(24)7-5-12-25/h8-9,13,25H,3-7,10-12H2,1-2H3. The number of aryl methyl sites for hydroxylation is 2. The molecular weight excluding hydrogens is 331 g/mol. The van der Waals surface area contributed by atoms with Crippen molar-refractivity contribution in [1.29, 1.82) is 0 Å². The molecule has 2 aromatic rings. The smallest absolute Gasteiger partial charge is 0.396 e. The first-order valence-corrected chi connectivity index (χ1v) is 8.80. The van der Waals surface area contributed by atoms with Crippen molar-refractivity contribution in [3.63, 3.8) is 0 Å². The Morgan fingerprint density at radius 2 is 1.88 bits per heavy atom. The van der Waals surface area contributed by atoms with Gasteiger partial charge in [0.15, 0.2) is 0 Å². The molecule has 0 amide bonds. The van der Waals surface area contributed by atoms with Crippen LogP contribution >= 0.6 is 0 Å². The summed E-state index contributed by atoms with van der Waals surface area (Å²) in [4.78, 5) is 6.71. The Kier molecular flexibility index (Phi) is 6.84. The highest BCUT2D eigenvalue weighted by Crippen LogP contribution is 2.31. The first-order valence-electron chi connectivity index (χ1n) is 8.80. The summed E-state index contributed by atoms with van der Waals surface area (Å²) in [6.07, 6.45) is -2.37. The van der Waals surface area contributed by atoms with Crippen molar-refractivity contribution < 1.29 is 18.3 Å². The molecule has 1 N–H and O–H groups in total. The van der Waals surface area contributed by atoms with Crippen molar-refractivity contribution in [3.05, 3.63) is 29.6 Å². The van der Waals surface area contributed by atoms with Crippen LogP contribution in [0.3, 0.4) is 0 Å². The lowest BCUT2D eigenvalue weighted by Crippen LogP contribution is -2.25. The fourth-order valence-electron chi connectivity index (χ4n) is 3.03. The van der Waals surface area contributed by atoms with Gasteiger partial charge in [-0.05, 0) is 50.7 Å². The molecule has 0 saturated heterocycles. The van der Waals surface area contributed by atoms with Crippen LogP contribution < -0.4 is 0 Å². The molecule has 0 unspecified atom stereocenters. The number of hydrogen-bond donors (Lipinski definition) is 1. The third-order valence-electron chi connectivity index (χ3n) is 4.46. The van der Waals surface area contributed by atoms with Crippen molar-refractivity contribution >= 4 is 11.0 Å². The molecule has 0 radical (unpaired) electrons. The average Bonchev–Trinajstić information content (AvgIpc) is 2.93. The van der Waals surface area contributed by atoms with Crippen LogP contribution in [0.5, 0.6) is 0 Å². The molecule has 0 aliphatic carbocycles. The lowest BCUT2D eigenvalue weighted by Gasteiger charge is -2.18. The minimum Gasteiger partial charge on any atom is -0.396 e. The summed E-state index contributed by atoms with van der Waals surface area (Å²) < 4.78 is 40.8. The fourth-order valence-corrected chi connectivity index (χ4v) is 3.03. The molecule has 4 nitrogen and oxygen atoms in total. The second-order valence-corrected chi connectivity index (χ2v) is 6.09. The Morgan fingerprint density at radius 1 is 1.16 bits per heavy atom. The van der Waals surface area contributed by atoms with Gasteiger partial charge in [-0.25, -0.2) is 4.98 Å². The number of aromatic nitrogens is 2. The summed E-state index contributed by atoms with van der Waals surface area (Å²) in [6, 6.07) is 3.73. The summed E-state index contributed by atoms with van der Waals surface area (Å²) in [5.41, 5.74) is 0.410. The van der Waals surface area contributed by atoms with E-state index in [4.69, 9.17) is 5.11 Å². The average molecular weight is 357 g/mol. The summed E-state index contributed by atoms with van der Waals surface area (Å²) >= 11 is 0. The molecular formula is C18H26F3N3O. The van der Waals surface area contributed by atoms with Gasteiger partial charge >= 0.3 is 6.18 Å². The molecule has 1 heterocycles. The Hall–Kier alpha value is -1.60. The molecule has 1 aromatic carbocycles. The van der Waals surface area contributed by atoms with Gasteiger partial charge in [-0.15, -0.1) is 0 Å². The Bertz CT molecular complexity index is 678. The van der Waals surface area contributed by atoms with Crippen LogP contribution in [0.2, 0.25) is 0 Å². The van der Waals surface area contributed by atoms with E-state index in [1.807, 2.05) is 4.57 Å². The lowest BCUT2D eigenvalue weighted by atomic mass is 10.2. The van der Waals surface area contributed by atoms with Crippen LogP contribution in [-0.2, 0) is 19.1 Å². The van der Waals surface area contributed by atoms with Crippen LogP contribution in [0.1, 0.15) is 38.1 Å². The van der Waals surface area contributed by atoms with Gasteiger partial charge in [0.05, 0.1) is 16.6 Å². The van der Waals surface area contributed by atoms with E-state index in [0.29, 0.717) is 24.9 Å². The predicted octanol–water partition coefficient (Wildman–Crippen LogP) is 3.71. The minimum absolute atomic E-state index is 0.0381. The quantitative estimate of drug-likeness (QED) is 0.744. The van der Waals surface area contributed by atoms with Gasteiger partial charge in [-0.3, -0.25) is 0 Å². The van der Waals surface area contributed by atoms with E-state index < -0.39 is 11.7 Å². The van der Waals surface area contributed by atoms with E-state index in [9.17, 15) is 13.2 Å². The van der Waals surface area contributed by atoms with E-state index >= 15 is 0 Å². The minimum atomic E-state index is -4.37. The SMILES string of the molecule is CCN(CC)CCCn1c(CCCO)nc2cc(C(F)(F)F)ccc21. The first-order chi connectivity index (χ1) is 11.9. The molecule has 0 aliphatic heterocycles. The van der Waals surface area contributed by atoms with Crippen molar-refractivity contribution in [2.24, 2.45) is 0 Å². The highest BCUT2D eigenvalue weighted by Gasteiger charge is 2.31. The van der Waals surface area contributed by atoms with Gasteiger partial charge in [-0.2, -0.15) is 13.2 Å². The zero-order valence-corrected chi connectivity index (χ0v) is 14.8. The summed E-state index contributed by atoms with van der Waals surface area (Å²) in [5, 5.41) is 9.06. The van der Waals surface area contributed by atoms with Gasteiger partial charge < -0.3 is 14.6 Å². The fraction of sp³-hybridized carbons (Fsp3) is 0.611. The molecule has 0 spiro atoms. The number of benzene rings is 1. The Labute approximate surface area is 146 Å². The van der Waals surface area contributed by atoms with Crippen molar-refractivity contribution in [2.45, 2.75) is 45.8 Å². The van der Waals surface area contributed by atoms with Crippen LogP contribution in [-0.4, -0.2) is 45.8 Å². The van der Waals surface area contributed by atoms with Gasteiger partial charge in [0.2, 0.25) is 0 Å². The van der Waals surface area contributed by atoms with Gasteiger partial charge in [0, 0.05) is 19.6 Å². The molecule has 0 atom stereocenters.